The Balaban J connectivity index is 1.88. The first-order valence-corrected chi connectivity index (χ1v) is 7.57. The van der Waals surface area contributed by atoms with Crippen molar-refractivity contribution < 1.29 is 0 Å². The zero-order valence-electron chi connectivity index (χ0n) is 11.7. The Hall–Kier alpha value is -2.13. The van der Waals surface area contributed by atoms with Crippen LogP contribution in [0.25, 0.3) is 10.8 Å². The Bertz CT molecular complexity index is 786. The zero-order chi connectivity index (χ0) is 14.7. The van der Waals surface area contributed by atoms with Gasteiger partial charge >= 0.3 is 0 Å². The number of nitrogens with zero attached hydrogens (tertiary/aromatic N) is 1. The normalized spacial score (nSPS) is 11.6. The summed E-state index contributed by atoms with van der Waals surface area (Å²) in [6.07, 6.45) is 0. The van der Waals surface area contributed by atoms with Crippen molar-refractivity contribution in [2.24, 2.45) is 5.10 Å². The molecule has 0 aromatic heterocycles. The molecule has 0 aliphatic rings. The van der Waals surface area contributed by atoms with Gasteiger partial charge in [-0.3, -0.25) is 5.43 Å². The highest BCUT2D eigenvalue weighted by molar-refractivity contribution is 9.10. The minimum absolute atomic E-state index is 0.954. The summed E-state index contributed by atoms with van der Waals surface area (Å²) in [6, 6.07) is 22.6. The number of anilines is 1. The van der Waals surface area contributed by atoms with Crippen molar-refractivity contribution in [2.75, 3.05) is 5.43 Å². The molecule has 0 aliphatic heterocycles. The van der Waals surface area contributed by atoms with Crippen molar-refractivity contribution in [3.63, 3.8) is 0 Å². The second-order valence-corrected chi connectivity index (χ2v) is 5.76. The van der Waals surface area contributed by atoms with Crippen molar-refractivity contribution >= 4 is 38.1 Å². The van der Waals surface area contributed by atoms with Crippen LogP contribution < -0.4 is 5.43 Å². The third-order valence-corrected chi connectivity index (χ3v) is 3.92. The summed E-state index contributed by atoms with van der Waals surface area (Å²) in [5, 5.41) is 6.88. The summed E-state index contributed by atoms with van der Waals surface area (Å²) >= 11 is 3.44. The first kappa shape index (κ1) is 13.8. The number of rotatable bonds is 3. The molecule has 0 saturated carbocycles. The Morgan fingerprint density at radius 3 is 2.43 bits per heavy atom. The maximum atomic E-state index is 4.50. The highest BCUT2D eigenvalue weighted by atomic mass is 79.9. The summed E-state index contributed by atoms with van der Waals surface area (Å²) in [7, 11) is 0. The van der Waals surface area contributed by atoms with Crippen LogP contribution >= 0.6 is 15.9 Å². The maximum absolute atomic E-state index is 4.50. The molecule has 0 saturated heterocycles. The maximum Gasteiger partial charge on any atom is 0.0648 e. The molecule has 0 unspecified atom stereocenters. The molecule has 0 amide bonds. The van der Waals surface area contributed by atoms with E-state index in [1.54, 1.807) is 0 Å². The third kappa shape index (κ3) is 3.14. The number of hydrogen-bond donors (Lipinski definition) is 1. The number of fused-ring (bicyclic) bond motifs is 1. The molecule has 21 heavy (non-hydrogen) atoms. The molecule has 3 aromatic carbocycles. The molecule has 1 N–H and O–H groups in total. The third-order valence-electron chi connectivity index (χ3n) is 3.40. The van der Waals surface area contributed by atoms with Crippen LogP contribution in [0.15, 0.2) is 76.3 Å². The van der Waals surface area contributed by atoms with Crippen LogP contribution in [0, 0.1) is 0 Å². The minimum atomic E-state index is 0.954. The molecule has 0 fully saturated rings. The summed E-state index contributed by atoms with van der Waals surface area (Å²) in [5.74, 6) is 0. The number of halogens is 1. The van der Waals surface area contributed by atoms with Gasteiger partial charge < -0.3 is 0 Å². The van der Waals surface area contributed by atoms with E-state index in [4.69, 9.17) is 0 Å². The monoisotopic (exact) mass is 338 g/mol. The van der Waals surface area contributed by atoms with Crippen molar-refractivity contribution in [1.82, 2.24) is 0 Å². The molecule has 104 valence electrons. The summed E-state index contributed by atoms with van der Waals surface area (Å²) < 4.78 is 1.07. The van der Waals surface area contributed by atoms with Gasteiger partial charge in [-0.05, 0) is 36.1 Å². The van der Waals surface area contributed by atoms with Crippen LogP contribution in [0.4, 0.5) is 5.69 Å². The van der Waals surface area contributed by atoms with Crippen LogP contribution in [-0.4, -0.2) is 5.71 Å². The predicted octanol–water partition coefficient (Wildman–Crippen LogP) is 5.44. The fourth-order valence-electron chi connectivity index (χ4n) is 2.22. The van der Waals surface area contributed by atoms with E-state index in [0.29, 0.717) is 0 Å². The van der Waals surface area contributed by atoms with Gasteiger partial charge in [-0.15, -0.1) is 0 Å². The van der Waals surface area contributed by atoms with E-state index >= 15 is 0 Å². The fourth-order valence-corrected chi connectivity index (χ4v) is 2.49. The Morgan fingerprint density at radius 1 is 0.905 bits per heavy atom. The van der Waals surface area contributed by atoms with Gasteiger partial charge in [0.2, 0.25) is 0 Å². The van der Waals surface area contributed by atoms with E-state index in [2.05, 4.69) is 44.7 Å². The first-order chi connectivity index (χ1) is 10.2. The highest BCUT2D eigenvalue weighted by Crippen LogP contribution is 2.23. The molecule has 3 aromatic rings. The van der Waals surface area contributed by atoms with E-state index in [1.807, 2.05) is 55.5 Å². The first-order valence-electron chi connectivity index (χ1n) is 6.78. The Kier molecular flexibility index (Phi) is 4.02. The van der Waals surface area contributed by atoms with E-state index in [0.717, 1.165) is 21.4 Å². The second kappa shape index (κ2) is 6.10. The molecular weight excluding hydrogens is 324 g/mol. The van der Waals surface area contributed by atoms with E-state index in [1.165, 1.54) is 10.8 Å². The average molecular weight is 339 g/mol. The minimum Gasteiger partial charge on any atom is -0.278 e. The molecule has 0 bridgehead atoms. The number of hydrazone groups is 1. The Labute approximate surface area is 132 Å². The van der Waals surface area contributed by atoms with Gasteiger partial charge in [-0.25, -0.2) is 0 Å². The molecular formula is C18H15BrN2. The molecule has 0 radical (unpaired) electrons. The summed E-state index contributed by atoms with van der Waals surface area (Å²) in [4.78, 5) is 0. The van der Waals surface area contributed by atoms with Gasteiger partial charge in [0, 0.05) is 9.86 Å². The summed E-state index contributed by atoms with van der Waals surface area (Å²) in [6.45, 7) is 2.00. The lowest BCUT2D eigenvalue weighted by atomic mass is 10.1. The highest BCUT2D eigenvalue weighted by Gasteiger charge is 2.00. The van der Waals surface area contributed by atoms with Gasteiger partial charge in [-0.2, -0.15) is 5.10 Å². The molecule has 0 atom stereocenters. The van der Waals surface area contributed by atoms with Crippen LogP contribution in [-0.2, 0) is 0 Å². The number of hydrogen-bond acceptors (Lipinski definition) is 2. The summed E-state index contributed by atoms with van der Waals surface area (Å²) in [5.41, 5.74) is 6.25. The van der Waals surface area contributed by atoms with Crippen LogP contribution in [0.3, 0.4) is 0 Å². The standard InChI is InChI=1S/C18H15BrN2/c1-13(14-9-11-16(19)12-10-14)20-21-18-8-4-6-15-5-2-3-7-17(15)18/h2-12,21H,1H3/b20-13-. The van der Waals surface area contributed by atoms with Crippen LogP contribution in [0.2, 0.25) is 0 Å². The van der Waals surface area contributed by atoms with E-state index in [-0.39, 0.29) is 0 Å². The van der Waals surface area contributed by atoms with Crippen molar-refractivity contribution in [1.29, 1.82) is 0 Å². The smallest absolute Gasteiger partial charge is 0.0648 e. The molecule has 0 aliphatic carbocycles. The topological polar surface area (TPSA) is 24.4 Å². The van der Waals surface area contributed by atoms with Gasteiger partial charge in [0.25, 0.3) is 0 Å². The van der Waals surface area contributed by atoms with Crippen molar-refractivity contribution in [3.05, 3.63) is 76.8 Å². The van der Waals surface area contributed by atoms with Gasteiger partial charge in [0.05, 0.1) is 11.4 Å². The zero-order valence-corrected chi connectivity index (χ0v) is 13.3. The largest absolute Gasteiger partial charge is 0.278 e. The fraction of sp³-hybridized carbons (Fsp3) is 0.0556. The molecule has 3 rings (SSSR count). The second-order valence-electron chi connectivity index (χ2n) is 4.84. The predicted molar refractivity (Wildman–Crippen MR) is 93.9 cm³/mol. The lowest BCUT2D eigenvalue weighted by molar-refractivity contribution is 1.33. The lowest BCUT2D eigenvalue weighted by Gasteiger charge is -2.07. The van der Waals surface area contributed by atoms with Gasteiger partial charge in [-0.1, -0.05) is 64.5 Å². The quantitative estimate of drug-likeness (QED) is 0.499. The van der Waals surface area contributed by atoms with Crippen molar-refractivity contribution in [3.8, 4) is 0 Å². The lowest BCUT2D eigenvalue weighted by Crippen LogP contribution is -1.99. The number of nitrogens with one attached hydrogen (secondary N) is 1. The van der Waals surface area contributed by atoms with Gasteiger partial charge in [0.15, 0.2) is 0 Å². The number of benzene rings is 3. The Morgan fingerprint density at radius 2 is 1.62 bits per heavy atom. The molecule has 2 nitrogen and oxygen atoms in total. The van der Waals surface area contributed by atoms with E-state index < -0.39 is 0 Å². The van der Waals surface area contributed by atoms with Crippen LogP contribution in [0.1, 0.15) is 12.5 Å². The average Bonchev–Trinajstić information content (AvgIpc) is 2.53. The van der Waals surface area contributed by atoms with Crippen LogP contribution in [0.5, 0.6) is 0 Å². The SMILES string of the molecule is C/C(=N/Nc1cccc2ccccc12)c1ccc(Br)cc1. The van der Waals surface area contributed by atoms with E-state index in [9.17, 15) is 0 Å². The molecule has 0 spiro atoms. The molecule has 3 heteroatoms. The van der Waals surface area contributed by atoms with Gasteiger partial charge in [0.1, 0.15) is 0 Å². The molecule has 0 heterocycles. The van der Waals surface area contributed by atoms with Crippen molar-refractivity contribution in [2.45, 2.75) is 6.92 Å².